The van der Waals surface area contributed by atoms with Crippen LogP contribution in [0.25, 0.3) is 11.1 Å². The predicted molar refractivity (Wildman–Crippen MR) is 110 cm³/mol. The molecule has 5 rings (SSSR count). The molecule has 2 aliphatic rings. The first-order valence-electron chi connectivity index (χ1n) is 9.87. The fourth-order valence-electron chi connectivity index (χ4n) is 4.13. The van der Waals surface area contributed by atoms with Gasteiger partial charge in [-0.25, -0.2) is 4.98 Å². The van der Waals surface area contributed by atoms with Crippen LogP contribution < -0.4 is 20.1 Å². The molecule has 0 amide bonds. The zero-order valence-corrected chi connectivity index (χ0v) is 16.6. The zero-order valence-electron chi connectivity index (χ0n) is 16.6. The second-order valence-corrected chi connectivity index (χ2v) is 7.63. The molecule has 2 aromatic heterocycles. The molecule has 2 N–H and O–H groups in total. The van der Waals surface area contributed by atoms with Crippen molar-refractivity contribution in [1.29, 1.82) is 0 Å². The summed E-state index contributed by atoms with van der Waals surface area (Å²) in [5, 5.41) is 8.28. The van der Waals surface area contributed by atoms with E-state index in [0.717, 1.165) is 65.9 Å². The van der Waals surface area contributed by atoms with Crippen LogP contribution in [0, 0.1) is 6.92 Å². The first kappa shape index (κ1) is 17.8. The van der Waals surface area contributed by atoms with Crippen LogP contribution in [0.15, 0.2) is 30.3 Å². The van der Waals surface area contributed by atoms with Crippen LogP contribution in [0.4, 0.5) is 11.8 Å². The van der Waals surface area contributed by atoms with E-state index in [2.05, 4.69) is 33.3 Å². The maximum absolute atomic E-state index is 5.86. The van der Waals surface area contributed by atoms with Crippen molar-refractivity contribution in [3.05, 3.63) is 41.9 Å². The number of nitrogen functional groups attached to an aromatic ring is 1. The van der Waals surface area contributed by atoms with Crippen molar-refractivity contribution in [3.8, 4) is 22.6 Å². The molecular formula is C21H24N6O2. The molecule has 8 heteroatoms. The molecule has 3 aromatic rings. The summed E-state index contributed by atoms with van der Waals surface area (Å²) in [6, 6.07) is 10.3. The zero-order chi connectivity index (χ0) is 20.0. The largest absolute Gasteiger partial charge is 0.454 e. The van der Waals surface area contributed by atoms with E-state index in [-0.39, 0.29) is 6.79 Å². The molecule has 29 heavy (non-hydrogen) atoms. The highest BCUT2D eigenvalue weighted by molar-refractivity contribution is 5.78. The number of anilines is 2. The van der Waals surface area contributed by atoms with Crippen molar-refractivity contribution in [2.45, 2.75) is 25.7 Å². The summed E-state index contributed by atoms with van der Waals surface area (Å²) in [7, 11) is 1.93. The van der Waals surface area contributed by atoms with Gasteiger partial charge < -0.3 is 24.7 Å². The highest BCUT2D eigenvalue weighted by atomic mass is 16.7. The first-order chi connectivity index (χ1) is 14.1. The van der Waals surface area contributed by atoms with Gasteiger partial charge in [-0.15, -0.1) is 10.2 Å². The van der Waals surface area contributed by atoms with Crippen molar-refractivity contribution < 1.29 is 9.47 Å². The van der Waals surface area contributed by atoms with Gasteiger partial charge in [-0.05, 0) is 49.6 Å². The number of nitrogens with two attached hydrogens (primary N) is 1. The number of pyridine rings is 1. The minimum atomic E-state index is 0.276. The highest BCUT2D eigenvalue weighted by Gasteiger charge is 2.27. The quantitative estimate of drug-likeness (QED) is 0.733. The number of hydrogen-bond donors (Lipinski definition) is 1. The molecule has 150 valence electrons. The Labute approximate surface area is 169 Å². The third kappa shape index (κ3) is 3.14. The number of ether oxygens (including phenoxy) is 2. The number of benzene rings is 1. The maximum atomic E-state index is 5.86. The van der Waals surface area contributed by atoms with Crippen molar-refractivity contribution >= 4 is 11.8 Å². The summed E-state index contributed by atoms with van der Waals surface area (Å²) < 4.78 is 12.9. The Morgan fingerprint density at radius 1 is 1.03 bits per heavy atom. The Balaban J connectivity index is 1.42. The van der Waals surface area contributed by atoms with E-state index < -0.39 is 0 Å². The number of rotatable bonds is 3. The van der Waals surface area contributed by atoms with E-state index >= 15 is 0 Å². The van der Waals surface area contributed by atoms with Crippen LogP contribution in [0.5, 0.6) is 11.5 Å². The Bertz CT molecular complexity index is 1060. The highest BCUT2D eigenvalue weighted by Crippen LogP contribution is 2.39. The van der Waals surface area contributed by atoms with E-state index in [4.69, 9.17) is 20.2 Å². The van der Waals surface area contributed by atoms with Crippen molar-refractivity contribution in [2.24, 2.45) is 7.05 Å². The fraction of sp³-hybridized carbons (Fsp3) is 0.381. The summed E-state index contributed by atoms with van der Waals surface area (Å²) in [4.78, 5) is 7.25. The second kappa shape index (κ2) is 6.95. The monoisotopic (exact) mass is 392 g/mol. The van der Waals surface area contributed by atoms with Crippen LogP contribution in [-0.4, -0.2) is 39.6 Å². The molecule has 0 atom stereocenters. The number of aryl methyl sites for hydroxylation is 1. The van der Waals surface area contributed by atoms with Gasteiger partial charge in [-0.1, -0.05) is 6.07 Å². The molecule has 1 fully saturated rings. The van der Waals surface area contributed by atoms with E-state index in [9.17, 15) is 0 Å². The number of fused-ring (bicyclic) bond motifs is 1. The number of nitrogens with zero attached hydrogens (tertiary/aromatic N) is 5. The van der Waals surface area contributed by atoms with Gasteiger partial charge in [0.2, 0.25) is 12.7 Å². The minimum Gasteiger partial charge on any atom is -0.454 e. The molecule has 4 heterocycles. The van der Waals surface area contributed by atoms with Gasteiger partial charge in [0.1, 0.15) is 11.6 Å². The van der Waals surface area contributed by atoms with E-state index in [1.807, 2.05) is 30.7 Å². The van der Waals surface area contributed by atoms with Gasteiger partial charge >= 0.3 is 0 Å². The Morgan fingerprint density at radius 2 is 1.83 bits per heavy atom. The molecule has 0 spiro atoms. The molecule has 2 aliphatic heterocycles. The molecular weight excluding hydrogens is 368 g/mol. The third-order valence-corrected chi connectivity index (χ3v) is 5.80. The smallest absolute Gasteiger partial charge is 0.231 e. The average molecular weight is 392 g/mol. The van der Waals surface area contributed by atoms with Gasteiger partial charge in [0.25, 0.3) is 0 Å². The van der Waals surface area contributed by atoms with Gasteiger partial charge in [0.15, 0.2) is 11.5 Å². The molecule has 1 saturated heterocycles. The Hall–Kier alpha value is -3.29. The first-order valence-corrected chi connectivity index (χ1v) is 9.87. The topological polar surface area (TPSA) is 91.3 Å². The summed E-state index contributed by atoms with van der Waals surface area (Å²) >= 11 is 0. The normalized spacial score (nSPS) is 16.4. The standard InChI is InChI=1S/C21H24N6O2/c1-13-3-5-16(15-4-6-17-18(11-15)29-12-28-17)20(23-13)27-9-7-14(8-10-27)19-24-25-21(22)26(19)2/h3-6,11,14H,7-10,12H2,1-2H3,(H2,22,25). The summed E-state index contributed by atoms with van der Waals surface area (Å²) in [6.07, 6.45) is 1.98. The van der Waals surface area contributed by atoms with E-state index in [1.54, 1.807) is 0 Å². The van der Waals surface area contributed by atoms with Gasteiger partial charge in [-0.3, -0.25) is 0 Å². The van der Waals surface area contributed by atoms with Crippen LogP contribution in [0.1, 0.15) is 30.3 Å². The minimum absolute atomic E-state index is 0.276. The average Bonchev–Trinajstić information content (AvgIpc) is 3.34. The van der Waals surface area contributed by atoms with Crippen molar-refractivity contribution in [2.75, 3.05) is 30.5 Å². The van der Waals surface area contributed by atoms with Gasteiger partial charge in [0.05, 0.1) is 0 Å². The fourth-order valence-corrected chi connectivity index (χ4v) is 4.13. The third-order valence-electron chi connectivity index (χ3n) is 5.80. The lowest BCUT2D eigenvalue weighted by molar-refractivity contribution is 0.174. The van der Waals surface area contributed by atoms with Crippen LogP contribution >= 0.6 is 0 Å². The number of piperidine rings is 1. The maximum Gasteiger partial charge on any atom is 0.231 e. The van der Waals surface area contributed by atoms with Gasteiger partial charge in [0, 0.05) is 37.3 Å². The molecule has 0 unspecified atom stereocenters. The Kier molecular flexibility index (Phi) is 4.26. The summed E-state index contributed by atoms with van der Waals surface area (Å²) in [5.41, 5.74) is 9.05. The lowest BCUT2D eigenvalue weighted by atomic mass is 9.95. The van der Waals surface area contributed by atoms with Crippen molar-refractivity contribution in [1.82, 2.24) is 19.7 Å². The molecule has 0 saturated carbocycles. The Morgan fingerprint density at radius 3 is 2.59 bits per heavy atom. The number of aromatic nitrogens is 4. The number of hydrogen-bond acceptors (Lipinski definition) is 7. The second-order valence-electron chi connectivity index (χ2n) is 7.63. The lowest BCUT2D eigenvalue weighted by Crippen LogP contribution is -2.34. The summed E-state index contributed by atoms with van der Waals surface area (Å²) in [5.74, 6) is 4.38. The predicted octanol–water partition coefficient (Wildman–Crippen LogP) is 2.88. The molecule has 8 nitrogen and oxygen atoms in total. The summed E-state index contributed by atoms with van der Waals surface area (Å²) in [6.45, 7) is 4.12. The lowest BCUT2D eigenvalue weighted by Gasteiger charge is -2.33. The van der Waals surface area contributed by atoms with Gasteiger partial charge in [-0.2, -0.15) is 0 Å². The van der Waals surface area contributed by atoms with Crippen LogP contribution in [0.2, 0.25) is 0 Å². The molecule has 0 aliphatic carbocycles. The molecule has 0 radical (unpaired) electrons. The van der Waals surface area contributed by atoms with Crippen LogP contribution in [-0.2, 0) is 7.05 Å². The SMILES string of the molecule is Cc1ccc(-c2ccc3c(c2)OCO3)c(N2CCC(c3nnc(N)n3C)CC2)n1. The van der Waals surface area contributed by atoms with Crippen molar-refractivity contribution in [3.63, 3.8) is 0 Å². The van der Waals surface area contributed by atoms with E-state index in [0.29, 0.717) is 11.9 Å². The molecule has 1 aromatic carbocycles. The molecule has 0 bridgehead atoms. The van der Waals surface area contributed by atoms with E-state index in [1.165, 1.54) is 0 Å². The van der Waals surface area contributed by atoms with Crippen LogP contribution in [0.3, 0.4) is 0 Å².